The quantitative estimate of drug-likeness (QED) is 0.589. The molecule has 0 bridgehead atoms. The summed E-state index contributed by atoms with van der Waals surface area (Å²) in [5, 5.41) is 3.69. The standard InChI is InChI=1S/C15H11Cl2NO/c1-15(8-19-15)18-13-4-2-9(16)6-11(13)12-7-10(17)3-5-14(12)18/h2-7H,8H2,1H3. The van der Waals surface area contributed by atoms with Gasteiger partial charge in [0.05, 0.1) is 17.6 Å². The third-order valence-corrected chi connectivity index (χ3v) is 4.19. The average molecular weight is 292 g/mol. The van der Waals surface area contributed by atoms with Crippen LogP contribution in [0.1, 0.15) is 6.92 Å². The van der Waals surface area contributed by atoms with E-state index in [9.17, 15) is 0 Å². The maximum Gasteiger partial charge on any atom is 0.166 e. The summed E-state index contributed by atoms with van der Waals surface area (Å²) >= 11 is 12.2. The highest BCUT2D eigenvalue weighted by Gasteiger charge is 2.43. The van der Waals surface area contributed by atoms with Gasteiger partial charge in [-0.1, -0.05) is 23.2 Å². The molecule has 96 valence electrons. The minimum absolute atomic E-state index is 0.248. The molecule has 0 N–H and O–H groups in total. The highest BCUT2D eigenvalue weighted by molar-refractivity contribution is 6.33. The molecular formula is C15H11Cl2NO. The van der Waals surface area contributed by atoms with E-state index in [2.05, 4.69) is 11.5 Å². The Bertz CT molecular complexity index is 758. The molecule has 1 fully saturated rings. The second kappa shape index (κ2) is 3.66. The van der Waals surface area contributed by atoms with Crippen LogP contribution in [0.2, 0.25) is 10.0 Å². The van der Waals surface area contributed by atoms with Crippen LogP contribution in [-0.2, 0) is 10.5 Å². The highest BCUT2D eigenvalue weighted by atomic mass is 35.5. The van der Waals surface area contributed by atoms with E-state index in [1.807, 2.05) is 36.4 Å². The predicted octanol–water partition coefficient (Wildman–Crippen LogP) is 4.80. The maximum atomic E-state index is 6.12. The van der Waals surface area contributed by atoms with Gasteiger partial charge in [0.1, 0.15) is 0 Å². The molecule has 0 spiro atoms. The summed E-state index contributed by atoms with van der Waals surface area (Å²) in [6.07, 6.45) is 0. The number of rotatable bonds is 1. The smallest absolute Gasteiger partial charge is 0.166 e. The number of hydrogen-bond acceptors (Lipinski definition) is 1. The van der Waals surface area contributed by atoms with Crippen molar-refractivity contribution in [2.24, 2.45) is 0 Å². The Hall–Kier alpha value is -1.22. The second-order valence-corrected chi connectivity index (χ2v) is 5.99. The summed E-state index contributed by atoms with van der Waals surface area (Å²) in [5.74, 6) is 0. The fraction of sp³-hybridized carbons (Fsp3) is 0.200. The third-order valence-electron chi connectivity index (χ3n) is 3.72. The molecule has 1 saturated heterocycles. The van der Waals surface area contributed by atoms with Crippen LogP contribution in [0.4, 0.5) is 0 Å². The molecule has 0 aliphatic carbocycles. The van der Waals surface area contributed by atoms with Gasteiger partial charge in [0.15, 0.2) is 5.72 Å². The van der Waals surface area contributed by atoms with Gasteiger partial charge in [0, 0.05) is 20.8 Å². The molecule has 0 radical (unpaired) electrons. The number of fused-ring (bicyclic) bond motifs is 3. The van der Waals surface area contributed by atoms with E-state index in [0.29, 0.717) is 0 Å². The molecule has 3 aromatic rings. The first-order valence-corrected chi connectivity index (χ1v) is 6.88. The first kappa shape index (κ1) is 11.6. The minimum Gasteiger partial charge on any atom is -0.348 e. The SMILES string of the molecule is CC1(n2c3ccc(Cl)cc3c3cc(Cl)ccc32)CO1. The lowest BCUT2D eigenvalue weighted by Gasteiger charge is -2.11. The monoisotopic (exact) mass is 291 g/mol. The number of benzene rings is 2. The van der Waals surface area contributed by atoms with Gasteiger partial charge in [-0.05, 0) is 43.3 Å². The average Bonchev–Trinajstić information content (AvgIpc) is 3.03. The molecule has 0 amide bonds. The number of ether oxygens (including phenoxy) is 1. The number of hydrogen-bond donors (Lipinski definition) is 0. The fourth-order valence-electron chi connectivity index (χ4n) is 2.71. The largest absolute Gasteiger partial charge is 0.348 e. The molecule has 0 saturated carbocycles. The van der Waals surface area contributed by atoms with Crippen molar-refractivity contribution in [2.45, 2.75) is 12.6 Å². The van der Waals surface area contributed by atoms with Crippen molar-refractivity contribution in [2.75, 3.05) is 6.61 Å². The molecule has 2 heterocycles. The first-order valence-electron chi connectivity index (χ1n) is 6.12. The van der Waals surface area contributed by atoms with Crippen LogP contribution < -0.4 is 0 Å². The molecule has 1 aromatic heterocycles. The summed E-state index contributed by atoms with van der Waals surface area (Å²) in [6, 6.07) is 11.9. The van der Waals surface area contributed by atoms with Crippen LogP contribution in [0.15, 0.2) is 36.4 Å². The highest BCUT2D eigenvalue weighted by Crippen LogP contribution is 2.42. The van der Waals surface area contributed by atoms with E-state index in [4.69, 9.17) is 27.9 Å². The lowest BCUT2D eigenvalue weighted by molar-refractivity contribution is 0.258. The third kappa shape index (κ3) is 1.61. The molecule has 4 heteroatoms. The zero-order valence-electron chi connectivity index (χ0n) is 10.3. The van der Waals surface area contributed by atoms with Crippen molar-refractivity contribution in [3.8, 4) is 0 Å². The van der Waals surface area contributed by atoms with E-state index in [0.717, 1.165) is 38.5 Å². The molecule has 1 atom stereocenters. The Morgan fingerprint density at radius 2 is 1.47 bits per heavy atom. The summed E-state index contributed by atoms with van der Waals surface area (Å²) < 4.78 is 7.84. The molecule has 2 nitrogen and oxygen atoms in total. The zero-order chi connectivity index (χ0) is 13.2. The van der Waals surface area contributed by atoms with Gasteiger partial charge in [-0.2, -0.15) is 0 Å². The first-order chi connectivity index (χ1) is 9.08. The summed E-state index contributed by atoms with van der Waals surface area (Å²) in [6.45, 7) is 2.83. The minimum atomic E-state index is -0.248. The topological polar surface area (TPSA) is 17.5 Å². The van der Waals surface area contributed by atoms with Gasteiger partial charge in [-0.25, -0.2) is 0 Å². The molecule has 1 unspecified atom stereocenters. The Balaban J connectivity index is 2.24. The van der Waals surface area contributed by atoms with Crippen molar-refractivity contribution >= 4 is 45.0 Å². The van der Waals surface area contributed by atoms with Crippen LogP contribution in [-0.4, -0.2) is 11.2 Å². The van der Waals surface area contributed by atoms with Crippen LogP contribution >= 0.6 is 23.2 Å². The fourth-order valence-corrected chi connectivity index (χ4v) is 3.06. The second-order valence-electron chi connectivity index (χ2n) is 5.12. The van der Waals surface area contributed by atoms with Crippen LogP contribution in [0.25, 0.3) is 21.8 Å². The van der Waals surface area contributed by atoms with E-state index in [1.54, 1.807) is 0 Å². The van der Waals surface area contributed by atoms with Crippen molar-refractivity contribution in [1.29, 1.82) is 0 Å². The van der Waals surface area contributed by atoms with Gasteiger partial charge >= 0.3 is 0 Å². The van der Waals surface area contributed by atoms with Crippen molar-refractivity contribution in [3.63, 3.8) is 0 Å². The Morgan fingerprint density at radius 1 is 1.00 bits per heavy atom. The van der Waals surface area contributed by atoms with Gasteiger partial charge in [0.25, 0.3) is 0 Å². The lowest BCUT2D eigenvalue weighted by Crippen LogP contribution is -2.13. The Kier molecular flexibility index (Phi) is 2.23. The van der Waals surface area contributed by atoms with Crippen molar-refractivity contribution < 1.29 is 4.74 Å². The molecule has 1 aliphatic heterocycles. The molecule has 2 aromatic carbocycles. The number of aromatic nitrogens is 1. The Labute approximate surface area is 120 Å². The Morgan fingerprint density at radius 3 is 1.89 bits per heavy atom. The molecule has 1 aliphatic rings. The number of epoxide rings is 1. The normalized spacial score (nSPS) is 22.3. The van der Waals surface area contributed by atoms with Crippen LogP contribution in [0.5, 0.6) is 0 Å². The van der Waals surface area contributed by atoms with E-state index in [-0.39, 0.29) is 5.72 Å². The maximum absolute atomic E-state index is 6.12. The lowest BCUT2D eigenvalue weighted by atomic mass is 10.1. The summed E-state index contributed by atoms with van der Waals surface area (Å²) in [4.78, 5) is 0. The van der Waals surface area contributed by atoms with Crippen molar-refractivity contribution in [1.82, 2.24) is 4.57 Å². The molecule has 19 heavy (non-hydrogen) atoms. The molecule has 4 rings (SSSR count). The van der Waals surface area contributed by atoms with Crippen molar-refractivity contribution in [3.05, 3.63) is 46.4 Å². The van der Waals surface area contributed by atoms with Gasteiger partial charge in [-0.3, -0.25) is 0 Å². The predicted molar refractivity (Wildman–Crippen MR) is 79.1 cm³/mol. The van der Waals surface area contributed by atoms with Crippen LogP contribution in [0.3, 0.4) is 0 Å². The number of nitrogens with zero attached hydrogens (tertiary/aromatic N) is 1. The summed E-state index contributed by atoms with van der Waals surface area (Å²) in [7, 11) is 0. The summed E-state index contributed by atoms with van der Waals surface area (Å²) in [5.41, 5.74) is 2.00. The number of halogens is 2. The van der Waals surface area contributed by atoms with Gasteiger partial charge < -0.3 is 9.30 Å². The van der Waals surface area contributed by atoms with E-state index < -0.39 is 0 Å². The van der Waals surface area contributed by atoms with E-state index in [1.165, 1.54) is 0 Å². The van der Waals surface area contributed by atoms with Gasteiger partial charge in [-0.15, -0.1) is 0 Å². The molecular weight excluding hydrogens is 281 g/mol. The van der Waals surface area contributed by atoms with Crippen LogP contribution in [0, 0.1) is 0 Å². The van der Waals surface area contributed by atoms with Gasteiger partial charge in [0.2, 0.25) is 0 Å². The zero-order valence-corrected chi connectivity index (χ0v) is 11.8. The van der Waals surface area contributed by atoms with E-state index >= 15 is 0 Å².